The molecule has 0 aromatic heterocycles. The average Bonchev–Trinajstić information content (AvgIpc) is 2.97. The van der Waals surface area contributed by atoms with E-state index in [0.29, 0.717) is 19.6 Å². The van der Waals surface area contributed by atoms with Gasteiger partial charge in [-0.2, -0.15) is 0 Å². The Morgan fingerprint density at radius 2 is 1.80 bits per heavy atom. The highest BCUT2D eigenvalue weighted by molar-refractivity contribution is 6.00. The van der Waals surface area contributed by atoms with Gasteiger partial charge >= 0.3 is 0 Å². The summed E-state index contributed by atoms with van der Waals surface area (Å²) in [6.07, 6.45) is 9.30. The number of carbonyl (C=O) groups is 3. The summed E-state index contributed by atoms with van der Waals surface area (Å²) in [5.74, 6) is -2.16. The number of rotatable bonds is 5. The van der Waals surface area contributed by atoms with Crippen molar-refractivity contribution in [3.63, 3.8) is 0 Å². The molecule has 1 spiro atoms. The number of nitrogens with zero attached hydrogens (tertiary/aromatic N) is 3. The molecule has 1 N–H and O–H groups in total. The fraction of sp³-hybridized carbons (Fsp3) is 0.682. The number of fused-ring (bicyclic) bond motifs is 2. The Hall–Kier alpha value is -2.19. The highest BCUT2D eigenvalue weighted by Gasteiger charge is 2.74. The maximum atomic E-state index is 13.6. The Balaban J connectivity index is 1.83. The second kappa shape index (κ2) is 7.50. The minimum Gasteiger partial charge on any atom is -0.395 e. The summed E-state index contributed by atoms with van der Waals surface area (Å²) in [5.41, 5.74) is -2.20. The highest BCUT2D eigenvalue weighted by Crippen LogP contribution is 2.57. The average molecular weight is 418 g/mol. The first kappa shape index (κ1) is 21.1. The minimum absolute atomic E-state index is 0.0373. The Labute approximate surface area is 177 Å². The van der Waals surface area contributed by atoms with E-state index < -0.39 is 29.1 Å². The van der Waals surface area contributed by atoms with Crippen LogP contribution in [0.25, 0.3) is 0 Å². The van der Waals surface area contributed by atoms with Crippen molar-refractivity contribution in [2.75, 3.05) is 39.8 Å². The van der Waals surface area contributed by atoms with Gasteiger partial charge in [0.15, 0.2) is 0 Å². The number of amides is 3. The fourth-order valence-corrected chi connectivity index (χ4v) is 5.59. The molecule has 4 aliphatic heterocycles. The molecule has 2 saturated heterocycles. The largest absolute Gasteiger partial charge is 0.395 e. The van der Waals surface area contributed by atoms with E-state index in [-0.39, 0.29) is 30.9 Å². The first-order valence-corrected chi connectivity index (χ1v) is 10.8. The molecule has 8 nitrogen and oxygen atoms in total. The SMILES string of the molecule is CCCCN1CC=C[C@]23O[C@@]4(C)C=CCN(C)C(=O)[C@H]4[C@H]2C(=O)N(CCO)C3C1=O. The molecule has 8 heteroatoms. The van der Waals surface area contributed by atoms with E-state index in [9.17, 15) is 19.5 Å². The van der Waals surface area contributed by atoms with Crippen LogP contribution in [-0.4, -0.2) is 94.6 Å². The second-order valence-corrected chi connectivity index (χ2v) is 8.91. The summed E-state index contributed by atoms with van der Waals surface area (Å²) in [6, 6.07) is -0.881. The fourth-order valence-electron chi connectivity index (χ4n) is 5.59. The van der Waals surface area contributed by atoms with Gasteiger partial charge in [-0.3, -0.25) is 14.4 Å². The monoisotopic (exact) mass is 417 g/mol. The third-order valence-electron chi connectivity index (χ3n) is 6.96. The number of aliphatic hydroxyl groups is 1. The van der Waals surface area contributed by atoms with Crippen LogP contribution in [0.1, 0.15) is 26.7 Å². The molecular weight excluding hydrogens is 386 g/mol. The summed E-state index contributed by atoms with van der Waals surface area (Å²) in [5, 5.41) is 9.62. The smallest absolute Gasteiger partial charge is 0.249 e. The van der Waals surface area contributed by atoms with E-state index in [4.69, 9.17) is 4.74 Å². The summed E-state index contributed by atoms with van der Waals surface area (Å²) in [4.78, 5) is 45.3. The molecular formula is C22H31N3O5. The number of ether oxygens (including phenoxy) is 1. The van der Waals surface area contributed by atoms with Gasteiger partial charge in [-0.25, -0.2) is 0 Å². The molecule has 4 heterocycles. The van der Waals surface area contributed by atoms with Gasteiger partial charge in [0.25, 0.3) is 0 Å². The number of likely N-dealkylation sites (tertiary alicyclic amines) is 1. The molecule has 0 saturated carbocycles. The molecule has 1 unspecified atom stereocenters. The van der Waals surface area contributed by atoms with Gasteiger partial charge in [-0.05, 0) is 13.3 Å². The van der Waals surface area contributed by atoms with Gasteiger partial charge in [0, 0.05) is 33.2 Å². The van der Waals surface area contributed by atoms with Gasteiger partial charge < -0.3 is 24.5 Å². The Morgan fingerprint density at radius 3 is 2.50 bits per heavy atom. The molecule has 0 aromatic rings. The van der Waals surface area contributed by atoms with Crippen LogP contribution in [0.5, 0.6) is 0 Å². The van der Waals surface area contributed by atoms with Crippen LogP contribution in [0.4, 0.5) is 0 Å². The summed E-state index contributed by atoms with van der Waals surface area (Å²) >= 11 is 0. The number of aliphatic hydroxyl groups excluding tert-OH is 1. The topological polar surface area (TPSA) is 90.4 Å². The zero-order valence-corrected chi connectivity index (χ0v) is 17.9. The third-order valence-corrected chi connectivity index (χ3v) is 6.96. The van der Waals surface area contributed by atoms with E-state index >= 15 is 0 Å². The molecule has 4 rings (SSSR count). The van der Waals surface area contributed by atoms with Crippen molar-refractivity contribution >= 4 is 17.7 Å². The lowest BCUT2D eigenvalue weighted by atomic mass is 9.74. The van der Waals surface area contributed by atoms with Crippen molar-refractivity contribution in [2.45, 2.75) is 43.9 Å². The Morgan fingerprint density at radius 1 is 1.07 bits per heavy atom. The molecule has 0 radical (unpaired) electrons. The highest BCUT2D eigenvalue weighted by atomic mass is 16.5. The van der Waals surface area contributed by atoms with E-state index in [1.54, 1.807) is 16.8 Å². The normalized spacial score (nSPS) is 37.9. The third kappa shape index (κ3) is 2.84. The number of hydrogen-bond acceptors (Lipinski definition) is 5. The number of likely N-dealkylation sites (N-methyl/N-ethyl adjacent to an activating group) is 1. The summed E-state index contributed by atoms with van der Waals surface area (Å²) < 4.78 is 6.60. The van der Waals surface area contributed by atoms with Crippen LogP contribution >= 0.6 is 0 Å². The van der Waals surface area contributed by atoms with Crippen molar-refractivity contribution in [3.8, 4) is 0 Å². The van der Waals surface area contributed by atoms with Gasteiger partial charge in [-0.1, -0.05) is 37.6 Å². The van der Waals surface area contributed by atoms with Crippen LogP contribution in [0.3, 0.4) is 0 Å². The number of β-amino-alcohol motifs (C(OH)–C–C–N with tert-alkyl or cyclic N) is 1. The van der Waals surface area contributed by atoms with Crippen LogP contribution in [0.15, 0.2) is 24.3 Å². The molecule has 2 fully saturated rings. The first-order chi connectivity index (χ1) is 14.3. The van der Waals surface area contributed by atoms with Crippen molar-refractivity contribution < 1.29 is 24.2 Å². The first-order valence-electron chi connectivity index (χ1n) is 10.8. The maximum absolute atomic E-state index is 13.6. The molecule has 0 aliphatic carbocycles. The van der Waals surface area contributed by atoms with Gasteiger partial charge in [0.1, 0.15) is 11.6 Å². The zero-order valence-electron chi connectivity index (χ0n) is 17.9. The second-order valence-electron chi connectivity index (χ2n) is 8.91. The molecule has 4 aliphatic rings. The van der Waals surface area contributed by atoms with E-state index in [0.717, 1.165) is 12.8 Å². The standard InChI is InChI=1S/C22H31N3O5/c1-4-5-11-24-12-7-9-22-16(19(28)25(13-14-26)17(22)20(24)29)15-18(27)23(3)10-6-8-21(15,2)30-22/h6-9,15-17,26H,4-5,10-14H2,1-3H3/t15-,16+,17?,21+,22+/m1/s1. The minimum atomic E-state index is -1.22. The Kier molecular flexibility index (Phi) is 5.26. The van der Waals surface area contributed by atoms with Crippen molar-refractivity contribution in [3.05, 3.63) is 24.3 Å². The maximum Gasteiger partial charge on any atom is 0.249 e. The number of carbonyl (C=O) groups excluding carboxylic acids is 3. The van der Waals surface area contributed by atoms with Gasteiger partial charge in [-0.15, -0.1) is 0 Å². The van der Waals surface area contributed by atoms with Crippen molar-refractivity contribution in [1.82, 2.24) is 14.7 Å². The lowest BCUT2D eigenvalue weighted by Gasteiger charge is -2.37. The lowest BCUT2D eigenvalue weighted by Crippen LogP contribution is -2.56. The van der Waals surface area contributed by atoms with E-state index in [1.807, 2.05) is 31.2 Å². The number of unbranched alkanes of at least 4 members (excludes halogenated alkanes) is 1. The van der Waals surface area contributed by atoms with Gasteiger partial charge in [0.05, 0.1) is 24.0 Å². The molecule has 3 amide bonds. The van der Waals surface area contributed by atoms with Crippen LogP contribution < -0.4 is 0 Å². The summed E-state index contributed by atoms with van der Waals surface area (Å²) in [7, 11) is 1.71. The van der Waals surface area contributed by atoms with Gasteiger partial charge in [0.2, 0.25) is 17.7 Å². The molecule has 164 valence electrons. The van der Waals surface area contributed by atoms with Crippen LogP contribution in [0, 0.1) is 11.8 Å². The lowest BCUT2D eigenvalue weighted by molar-refractivity contribution is -0.152. The molecule has 0 aromatic carbocycles. The van der Waals surface area contributed by atoms with Crippen molar-refractivity contribution in [1.29, 1.82) is 0 Å². The van der Waals surface area contributed by atoms with Crippen LogP contribution in [0.2, 0.25) is 0 Å². The summed E-state index contributed by atoms with van der Waals surface area (Å²) in [6.45, 7) is 5.17. The van der Waals surface area contributed by atoms with E-state index in [2.05, 4.69) is 6.92 Å². The van der Waals surface area contributed by atoms with Crippen LogP contribution in [-0.2, 0) is 19.1 Å². The van der Waals surface area contributed by atoms with Crippen molar-refractivity contribution in [2.24, 2.45) is 11.8 Å². The van der Waals surface area contributed by atoms with E-state index in [1.165, 1.54) is 4.90 Å². The quantitative estimate of drug-likeness (QED) is 0.645. The molecule has 5 atom stereocenters. The molecule has 30 heavy (non-hydrogen) atoms. The predicted molar refractivity (Wildman–Crippen MR) is 109 cm³/mol. The Bertz CT molecular complexity index is 811. The predicted octanol–water partition coefficient (Wildman–Crippen LogP) is 0.176. The zero-order chi connectivity index (χ0) is 21.7. The number of hydrogen-bond donors (Lipinski definition) is 1. The molecule has 0 bridgehead atoms.